The lowest BCUT2D eigenvalue weighted by Gasteiger charge is -2.04. The van der Waals surface area contributed by atoms with Crippen molar-refractivity contribution in [1.82, 2.24) is 0 Å². The first-order valence-corrected chi connectivity index (χ1v) is 6.15. The van der Waals surface area contributed by atoms with Gasteiger partial charge in [-0.2, -0.15) is 8.78 Å². The van der Waals surface area contributed by atoms with Crippen LogP contribution in [0.25, 0.3) is 11.1 Å². The summed E-state index contributed by atoms with van der Waals surface area (Å²) in [6, 6.07) is 15.3. The summed E-state index contributed by atoms with van der Waals surface area (Å²) in [7, 11) is 0. The van der Waals surface area contributed by atoms with E-state index >= 15 is 0 Å². The summed E-state index contributed by atoms with van der Waals surface area (Å²) >= 11 is 0.571. The Bertz CT molecular complexity index is 475. The van der Waals surface area contributed by atoms with Gasteiger partial charge in [0, 0.05) is 4.90 Å². The van der Waals surface area contributed by atoms with Crippen LogP contribution in [0.4, 0.5) is 8.78 Å². The van der Waals surface area contributed by atoms with Crippen molar-refractivity contribution in [2.45, 2.75) is 17.6 Å². The first-order chi connectivity index (χ1) is 8.15. The van der Waals surface area contributed by atoms with Crippen molar-refractivity contribution in [3.8, 4) is 11.1 Å². The van der Waals surface area contributed by atoms with E-state index in [0.717, 1.165) is 11.1 Å². The number of rotatable bonds is 3. The summed E-state index contributed by atoms with van der Waals surface area (Å²) < 4.78 is 24.3. The minimum atomic E-state index is -2.36. The monoisotopic (exact) mass is 250 g/mol. The zero-order valence-corrected chi connectivity index (χ0v) is 10.2. The molecule has 0 aromatic heterocycles. The lowest BCUT2D eigenvalue weighted by molar-refractivity contribution is 0.252. The highest BCUT2D eigenvalue weighted by molar-refractivity contribution is 7.99. The Morgan fingerprint density at radius 3 is 1.76 bits per heavy atom. The molecule has 0 N–H and O–H groups in total. The number of hydrogen-bond acceptors (Lipinski definition) is 1. The van der Waals surface area contributed by atoms with Crippen LogP contribution in [-0.2, 0) is 0 Å². The molecule has 0 atom stereocenters. The Kier molecular flexibility index (Phi) is 3.79. The Labute approximate surface area is 104 Å². The molecule has 0 saturated carbocycles. The van der Waals surface area contributed by atoms with Crippen LogP contribution in [0, 0.1) is 6.92 Å². The predicted octanol–water partition coefficient (Wildman–Crippen LogP) is 4.98. The maximum absolute atomic E-state index is 12.2. The van der Waals surface area contributed by atoms with Crippen LogP contribution < -0.4 is 0 Å². The molecule has 3 heteroatoms. The van der Waals surface area contributed by atoms with Crippen molar-refractivity contribution in [3.63, 3.8) is 0 Å². The van der Waals surface area contributed by atoms with Gasteiger partial charge in [-0.15, -0.1) is 0 Å². The van der Waals surface area contributed by atoms with Crippen molar-refractivity contribution >= 4 is 11.8 Å². The standard InChI is InChI=1S/C14H12F2S/c1-10-2-4-11(5-3-10)12-6-8-13(9-7-12)17-14(15)16/h2-9,14H,1H3. The van der Waals surface area contributed by atoms with Crippen molar-refractivity contribution in [3.05, 3.63) is 54.1 Å². The molecular weight excluding hydrogens is 238 g/mol. The van der Waals surface area contributed by atoms with Gasteiger partial charge in [-0.25, -0.2) is 0 Å². The van der Waals surface area contributed by atoms with E-state index in [9.17, 15) is 8.78 Å². The second kappa shape index (κ2) is 5.32. The number of thioether (sulfide) groups is 1. The fourth-order valence-electron chi connectivity index (χ4n) is 1.57. The quantitative estimate of drug-likeness (QED) is 0.692. The van der Waals surface area contributed by atoms with Gasteiger partial charge in [-0.05, 0) is 30.2 Å². The first kappa shape index (κ1) is 12.1. The molecule has 0 heterocycles. The Morgan fingerprint density at radius 2 is 1.29 bits per heavy atom. The number of hydrogen-bond donors (Lipinski definition) is 0. The molecule has 0 amide bonds. The summed E-state index contributed by atoms with van der Waals surface area (Å²) in [5.41, 5.74) is 3.35. The third-order valence-corrected chi connectivity index (χ3v) is 3.19. The van der Waals surface area contributed by atoms with E-state index in [-0.39, 0.29) is 0 Å². The van der Waals surface area contributed by atoms with Crippen molar-refractivity contribution in [1.29, 1.82) is 0 Å². The predicted molar refractivity (Wildman–Crippen MR) is 68.5 cm³/mol. The van der Waals surface area contributed by atoms with Gasteiger partial charge in [0.25, 0.3) is 5.76 Å². The first-order valence-electron chi connectivity index (χ1n) is 5.27. The SMILES string of the molecule is Cc1ccc(-c2ccc(SC(F)F)cc2)cc1. The number of halogens is 2. The average Bonchev–Trinajstić information content (AvgIpc) is 2.30. The van der Waals surface area contributed by atoms with Crippen LogP contribution in [0.2, 0.25) is 0 Å². The summed E-state index contributed by atoms with van der Waals surface area (Å²) in [6.45, 7) is 2.03. The zero-order chi connectivity index (χ0) is 12.3. The normalized spacial score (nSPS) is 10.8. The van der Waals surface area contributed by atoms with Crippen LogP contribution >= 0.6 is 11.8 Å². The van der Waals surface area contributed by atoms with Crippen LogP contribution in [-0.4, -0.2) is 5.76 Å². The van der Waals surface area contributed by atoms with E-state index in [1.165, 1.54) is 5.56 Å². The van der Waals surface area contributed by atoms with Gasteiger partial charge in [0.15, 0.2) is 0 Å². The summed E-state index contributed by atoms with van der Waals surface area (Å²) in [5, 5.41) is 0. The summed E-state index contributed by atoms with van der Waals surface area (Å²) in [6.07, 6.45) is 0. The lowest BCUT2D eigenvalue weighted by atomic mass is 10.0. The van der Waals surface area contributed by atoms with E-state index in [1.54, 1.807) is 12.1 Å². The number of alkyl halides is 2. The van der Waals surface area contributed by atoms with Gasteiger partial charge in [-0.1, -0.05) is 53.7 Å². The maximum atomic E-state index is 12.2. The highest BCUT2D eigenvalue weighted by Gasteiger charge is 2.05. The minimum absolute atomic E-state index is 0.571. The molecule has 2 aromatic carbocycles. The van der Waals surface area contributed by atoms with Crippen LogP contribution in [0.15, 0.2) is 53.4 Å². The molecule has 0 aliphatic carbocycles. The zero-order valence-electron chi connectivity index (χ0n) is 9.36. The highest BCUT2D eigenvalue weighted by atomic mass is 32.2. The molecule has 17 heavy (non-hydrogen) atoms. The molecule has 0 aliphatic heterocycles. The van der Waals surface area contributed by atoms with Crippen molar-refractivity contribution < 1.29 is 8.78 Å². The van der Waals surface area contributed by atoms with E-state index in [4.69, 9.17) is 0 Å². The van der Waals surface area contributed by atoms with E-state index < -0.39 is 5.76 Å². The molecule has 2 aromatic rings. The molecule has 0 aliphatic rings. The number of benzene rings is 2. The highest BCUT2D eigenvalue weighted by Crippen LogP contribution is 2.28. The molecule has 0 bridgehead atoms. The number of aryl methyl sites for hydroxylation is 1. The van der Waals surface area contributed by atoms with Gasteiger partial charge < -0.3 is 0 Å². The fourth-order valence-corrected chi connectivity index (χ4v) is 2.07. The third-order valence-electron chi connectivity index (χ3n) is 2.46. The van der Waals surface area contributed by atoms with Gasteiger partial charge >= 0.3 is 0 Å². The lowest BCUT2D eigenvalue weighted by Crippen LogP contribution is -1.82. The molecule has 2 rings (SSSR count). The van der Waals surface area contributed by atoms with Crippen LogP contribution in [0.1, 0.15) is 5.56 Å². The largest absolute Gasteiger partial charge is 0.288 e. The van der Waals surface area contributed by atoms with Gasteiger partial charge in [0.1, 0.15) is 0 Å². The van der Waals surface area contributed by atoms with E-state index in [2.05, 4.69) is 0 Å². The second-order valence-electron chi connectivity index (χ2n) is 3.77. The molecular formula is C14H12F2S. The summed E-state index contributed by atoms with van der Waals surface area (Å²) in [5.74, 6) is -2.36. The minimum Gasteiger partial charge on any atom is -0.198 e. The van der Waals surface area contributed by atoms with E-state index in [0.29, 0.717) is 16.7 Å². The van der Waals surface area contributed by atoms with E-state index in [1.807, 2.05) is 43.3 Å². The fraction of sp³-hybridized carbons (Fsp3) is 0.143. The van der Waals surface area contributed by atoms with Crippen molar-refractivity contribution in [2.24, 2.45) is 0 Å². The van der Waals surface area contributed by atoms with Gasteiger partial charge in [0.05, 0.1) is 0 Å². The Balaban J connectivity index is 2.20. The Hall–Kier alpha value is -1.35. The second-order valence-corrected chi connectivity index (χ2v) is 4.83. The molecule has 0 unspecified atom stereocenters. The van der Waals surface area contributed by atoms with Gasteiger partial charge in [-0.3, -0.25) is 0 Å². The van der Waals surface area contributed by atoms with Crippen LogP contribution in [0.5, 0.6) is 0 Å². The van der Waals surface area contributed by atoms with Crippen molar-refractivity contribution in [2.75, 3.05) is 0 Å². The smallest absolute Gasteiger partial charge is 0.198 e. The molecule has 0 radical (unpaired) electrons. The summed E-state index contributed by atoms with van der Waals surface area (Å²) in [4.78, 5) is 0.593. The molecule has 0 fully saturated rings. The molecule has 0 saturated heterocycles. The molecule has 0 spiro atoms. The average molecular weight is 250 g/mol. The van der Waals surface area contributed by atoms with Gasteiger partial charge in [0.2, 0.25) is 0 Å². The topological polar surface area (TPSA) is 0 Å². The Morgan fingerprint density at radius 1 is 0.824 bits per heavy atom. The van der Waals surface area contributed by atoms with Crippen LogP contribution in [0.3, 0.4) is 0 Å². The third kappa shape index (κ3) is 3.30. The molecule has 0 nitrogen and oxygen atoms in total. The molecule has 88 valence electrons. The maximum Gasteiger partial charge on any atom is 0.288 e.